The number of amides is 1. The Morgan fingerprint density at radius 3 is 2.55 bits per heavy atom. The van der Waals surface area contributed by atoms with Crippen LogP contribution in [-0.2, 0) is 4.79 Å². The minimum Gasteiger partial charge on any atom is -0.370 e. The lowest BCUT2D eigenvalue weighted by Gasteiger charge is -2.40. The topological polar surface area (TPSA) is 81.1 Å². The van der Waals surface area contributed by atoms with E-state index in [1.165, 1.54) is 0 Å². The lowest BCUT2D eigenvalue weighted by molar-refractivity contribution is -0.119. The number of carbonyl (C=O) groups is 1. The molecule has 0 saturated carbocycles. The van der Waals surface area contributed by atoms with Gasteiger partial charge in [0.05, 0.1) is 0 Å². The zero-order valence-electron chi connectivity index (χ0n) is 6.76. The molecule has 0 aromatic carbocycles. The Kier molecular flexibility index (Phi) is 2.15. The Morgan fingerprint density at radius 1 is 1.73 bits per heavy atom. The van der Waals surface area contributed by atoms with Gasteiger partial charge in [0.2, 0.25) is 5.91 Å². The fourth-order valence-corrected chi connectivity index (χ4v) is 1.27. The van der Waals surface area contributed by atoms with Crippen LogP contribution in [0.3, 0.4) is 0 Å². The second-order valence-corrected chi connectivity index (χ2v) is 3.50. The van der Waals surface area contributed by atoms with Crippen molar-refractivity contribution in [3.63, 3.8) is 0 Å². The van der Waals surface area contributed by atoms with Crippen molar-refractivity contribution in [3.8, 4) is 0 Å². The van der Waals surface area contributed by atoms with E-state index in [4.69, 9.17) is 11.5 Å². The monoisotopic (exact) mass is 157 g/mol. The van der Waals surface area contributed by atoms with Crippen LogP contribution in [0.15, 0.2) is 0 Å². The minimum atomic E-state index is -0.420. The second-order valence-electron chi connectivity index (χ2n) is 3.50. The van der Waals surface area contributed by atoms with E-state index in [-0.39, 0.29) is 12.3 Å². The van der Waals surface area contributed by atoms with Gasteiger partial charge in [0.25, 0.3) is 0 Å². The Hall–Kier alpha value is -0.610. The summed E-state index contributed by atoms with van der Waals surface area (Å²) in [6, 6.07) is 0. The molecule has 1 heterocycles. The van der Waals surface area contributed by atoms with Crippen molar-refractivity contribution >= 4 is 5.91 Å². The third-order valence-electron chi connectivity index (χ3n) is 2.27. The van der Waals surface area contributed by atoms with E-state index in [1.807, 2.05) is 6.92 Å². The van der Waals surface area contributed by atoms with Crippen LogP contribution in [0, 0.1) is 5.92 Å². The summed E-state index contributed by atoms with van der Waals surface area (Å²) in [7, 11) is 0. The van der Waals surface area contributed by atoms with Gasteiger partial charge in [0.1, 0.15) is 0 Å². The number of hydrogen-bond donors (Lipinski definition) is 3. The summed E-state index contributed by atoms with van der Waals surface area (Å²) >= 11 is 0. The lowest BCUT2D eigenvalue weighted by Crippen LogP contribution is -2.60. The molecule has 64 valence electrons. The molecule has 4 heteroatoms. The van der Waals surface area contributed by atoms with Gasteiger partial charge in [-0.3, -0.25) is 4.79 Å². The van der Waals surface area contributed by atoms with Crippen molar-refractivity contribution in [2.45, 2.75) is 18.9 Å². The molecule has 1 saturated heterocycles. The first-order chi connectivity index (χ1) is 5.02. The fourth-order valence-electron chi connectivity index (χ4n) is 1.27. The predicted octanol–water partition coefficient (Wildman–Crippen LogP) is -1.20. The molecule has 0 bridgehead atoms. The Bertz CT molecular complexity index is 163. The molecule has 0 radical (unpaired) electrons. The zero-order valence-corrected chi connectivity index (χ0v) is 6.76. The number of primary amides is 1. The smallest absolute Gasteiger partial charge is 0.219 e. The van der Waals surface area contributed by atoms with E-state index < -0.39 is 5.54 Å². The predicted molar refractivity (Wildman–Crippen MR) is 42.8 cm³/mol. The number of nitrogens with two attached hydrogens (primary N) is 2. The lowest BCUT2D eigenvalue weighted by atomic mass is 9.80. The van der Waals surface area contributed by atoms with Gasteiger partial charge in [0, 0.05) is 31.0 Å². The fraction of sp³-hybridized carbons (Fsp3) is 0.857. The molecule has 1 aliphatic heterocycles. The Morgan fingerprint density at radius 2 is 2.27 bits per heavy atom. The first-order valence-electron chi connectivity index (χ1n) is 3.80. The van der Waals surface area contributed by atoms with E-state index in [0.717, 1.165) is 13.1 Å². The summed E-state index contributed by atoms with van der Waals surface area (Å²) in [4.78, 5) is 10.6. The SMILES string of the molecule is CC(N)(CC(N)=O)C1CNC1. The van der Waals surface area contributed by atoms with Crippen LogP contribution in [0.25, 0.3) is 0 Å². The van der Waals surface area contributed by atoms with Crippen LogP contribution in [0.5, 0.6) is 0 Å². The molecule has 5 N–H and O–H groups in total. The van der Waals surface area contributed by atoms with Crippen molar-refractivity contribution in [3.05, 3.63) is 0 Å². The molecular formula is C7H15N3O. The van der Waals surface area contributed by atoms with Gasteiger partial charge in [-0.15, -0.1) is 0 Å². The number of carbonyl (C=O) groups excluding carboxylic acids is 1. The number of nitrogens with one attached hydrogen (secondary N) is 1. The molecule has 0 spiro atoms. The molecule has 1 fully saturated rings. The molecule has 4 nitrogen and oxygen atoms in total. The van der Waals surface area contributed by atoms with E-state index in [2.05, 4.69) is 5.32 Å². The van der Waals surface area contributed by atoms with Crippen molar-refractivity contribution in [1.82, 2.24) is 5.32 Å². The van der Waals surface area contributed by atoms with Crippen LogP contribution in [0.2, 0.25) is 0 Å². The highest BCUT2D eigenvalue weighted by atomic mass is 16.1. The van der Waals surface area contributed by atoms with Gasteiger partial charge in [-0.1, -0.05) is 0 Å². The Labute approximate surface area is 66.3 Å². The standard InChI is InChI=1S/C7H15N3O/c1-7(9,2-6(8)11)5-3-10-4-5/h5,10H,2-4,9H2,1H3,(H2,8,11). The third-order valence-corrected chi connectivity index (χ3v) is 2.27. The van der Waals surface area contributed by atoms with Crippen LogP contribution < -0.4 is 16.8 Å². The summed E-state index contributed by atoms with van der Waals surface area (Å²) in [6.45, 7) is 3.68. The first kappa shape index (κ1) is 8.49. The van der Waals surface area contributed by atoms with Gasteiger partial charge >= 0.3 is 0 Å². The highest BCUT2D eigenvalue weighted by molar-refractivity contribution is 5.75. The maximum Gasteiger partial charge on any atom is 0.219 e. The molecule has 1 amide bonds. The van der Waals surface area contributed by atoms with Gasteiger partial charge in [-0.2, -0.15) is 0 Å². The van der Waals surface area contributed by atoms with Gasteiger partial charge in [-0.05, 0) is 6.92 Å². The van der Waals surface area contributed by atoms with E-state index >= 15 is 0 Å². The quantitative estimate of drug-likeness (QED) is 0.481. The highest BCUT2D eigenvalue weighted by Gasteiger charge is 2.35. The van der Waals surface area contributed by atoms with E-state index in [1.54, 1.807) is 0 Å². The summed E-state index contributed by atoms with van der Waals surface area (Å²) in [5.74, 6) is 0.0805. The normalized spacial score (nSPS) is 23.8. The van der Waals surface area contributed by atoms with E-state index in [9.17, 15) is 4.79 Å². The number of hydrogen-bond acceptors (Lipinski definition) is 3. The summed E-state index contributed by atoms with van der Waals surface area (Å²) in [5, 5.41) is 3.11. The number of rotatable bonds is 3. The summed E-state index contributed by atoms with van der Waals surface area (Å²) < 4.78 is 0. The molecule has 11 heavy (non-hydrogen) atoms. The third kappa shape index (κ3) is 1.91. The molecule has 1 atom stereocenters. The average Bonchev–Trinajstić information content (AvgIpc) is 1.50. The minimum absolute atomic E-state index is 0.277. The maximum absolute atomic E-state index is 10.6. The molecule has 1 unspecified atom stereocenters. The highest BCUT2D eigenvalue weighted by Crippen LogP contribution is 2.21. The van der Waals surface area contributed by atoms with Crippen LogP contribution >= 0.6 is 0 Å². The van der Waals surface area contributed by atoms with Crippen LogP contribution in [0.4, 0.5) is 0 Å². The van der Waals surface area contributed by atoms with Crippen molar-refractivity contribution < 1.29 is 4.79 Å². The Balaban J connectivity index is 2.43. The average molecular weight is 157 g/mol. The van der Waals surface area contributed by atoms with Crippen molar-refractivity contribution in [1.29, 1.82) is 0 Å². The van der Waals surface area contributed by atoms with E-state index in [0.29, 0.717) is 5.92 Å². The van der Waals surface area contributed by atoms with Crippen molar-refractivity contribution in [2.75, 3.05) is 13.1 Å². The molecular weight excluding hydrogens is 142 g/mol. The summed E-state index contributed by atoms with van der Waals surface area (Å²) in [6.07, 6.45) is 0.277. The molecule has 1 aliphatic rings. The first-order valence-corrected chi connectivity index (χ1v) is 3.80. The molecule has 1 rings (SSSR count). The van der Waals surface area contributed by atoms with Crippen LogP contribution in [0.1, 0.15) is 13.3 Å². The molecule has 0 aromatic rings. The molecule has 0 aliphatic carbocycles. The van der Waals surface area contributed by atoms with Gasteiger partial charge < -0.3 is 16.8 Å². The van der Waals surface area contributed by atoms with Gasteiger partial charge in [-0.25, -0.2) is 0 Å². The maximum atomic E-state index is 10.6. The largest absolute Gasteiger partial charge is 0.370 e. The van der Waals surface area contributed by atoms with Gasteiger partial charge in [0.15, 0.2) is 0 Å². The molecule has 0 aromatic heterocycles. The van der Waals surface area contributed by atoms with Crippen molar-refractivity contribution in [2.24, 2.45) is 17.4 Å². The zero-order chi connectivity index (χ0) is 8.48. The summed E-state index contributed by atoms with van der Waals surface area (Å²) in [5.41, 5.74) is 10.5. The second kappa shape index (κ2) is 2.79. The van der Waals surface area contributed by atoms with Crippen LogP contribution in [-0.4, -0.2) is 24.5 Å².